The largest absolute Gasteiger partial charge is 0.294 e. The van der Waals surface area contributed by atoms with Crippen LogP contribution in [0.2, 0.25) is 0 Å². The second kappa shape index (κ2) is 6.79. The highest BCUT2D eigenvalue weighted by Crippen LogP contribution is 2.10. The smallest absolute Gasteiger partial charge is 0.248 e. The maximum absolute atomic E-state index is 11.1. The van der Waals surface area contributed by atoms with E-state index in [1.807, 2.05) is 0 Å². The Bertz CT molecular complexity index is 163. The molecule has 1 amide bonds. The lowest BCUT2D eigenvalue weighted by atomic mass is 10.1. The van der Waals surface area contributed by atoms with Gasteiger partial charge in [0.05, 0.1) is 6.54 Å². The van der Waals surface area contributed by atoms with Crippen LogP contribution in [0.3, 0.4) is 0 Å². The van der Waals surface area contributed by atoms with Gasteiger partial charge in [0.2, 0.25) is 5.91 Å². The molecule has 0 bridgehead atoms. The summed E-state index contributed by atoms with van der Waals surface area (Å²) in [5.41, 5.74) is 2.18. The van der Waals surface area contributed by atoms with E-state index < -0.39 is 0 Å². The summed E-state index contributed by atoms with van der Waals surface area (Å²) in [7, 11) is 0. The van der Waals surface area contributed by atoms with E-state index in [2.05, 4.69) is 10.3 Å². The second-order valence-electron chi connectivity index (χ2n) is 3.96. The lowest BCUT2D eigenvalue weighted by Crippen LogP contribution is -2.41. The molecule has 4 nitrogen and oxygen atoms in total. The summed E-state index contributed by atoms with van der Waals surface area (Å²) in [6.07, 6.45) is 7.69. The van der Waals surface area contributed by atoms with Crippen molar-refractivity contribution in [2.75, 3.05) is 19.6 Å². The summed E-state index contributed by atoms with van der Waals surface area (Å²) < 4.78 is 0. The number of amides is 1. The molecule has 1 fully saturated rings. The monoisotopic (exact) mass is 199 g/mol. The van der Waals surface area contributed by atoms with Crippen LogP contribution in [0.15, 0.2) is 0 Å². The first-order valence-electron chi connectivity index (χ1n) is 5.55. The molecule has 0 aliphatic carbocycles. The minimum absolute atomic E-state index is 0.0794. The van der Waals surface area contributed by atoms with E-state index >= 15 is 0 Å². The Hall–Kier alpha value is -0.610. The minimum Gasteiger partial charge on any atom is -0.294 e. The van der Waals surface area contributed by atoms with E-state index in [0.717, 1.165) is 13.1 Å². The minimum atomic E-state index is -0.0794. The van der Waals surface area contributed by atoms with E-state index in [9.17, 15) is 4.79 Å². The zero-order valence-corrected chi connectivity index (χ0v) is 8.80. The lowest BCUT2D eigenvalue weighted by molar-refractivity contribution is -0.122. The van der Waals surface area contributed by atoms with Crippen LogP contribution in [-0.2, 0) is 4.79 Å². The van der Waals surface area contributed by atoms with Crippen LogP contribution in [0.1, 0.15) is 38.5 Å². The van der Waals surface area contributed by atoms with Crippen molar-refractivity contribution in [1.29, 1.82) is 0 Å². The van der Waals surface area contributed by atoms with Crippen LogP contribution in [0.5, 0.6) is 0 Å². The summed E-state index contributed by atoms with van der Waals surface area (Å²) in [5.74, 6) is 4.98. The maximum atomic E-state index is 11.1. The van der Waals surface area contributed by atoms with E-state index in [1.54, 1.807) is 0 Å². The molecule has 1 heterocycles. The molecule has 4 heteroatoms. The van der Waals surface area contributed by atoms with Gasteiger partial charge in [-0.15, -0.1) is 0 Å². The molecule has 0 atom stereocenters. The van der Waals surface area contributed by atoms with Crippen LogP contribution in [0.4, 0.5) is 0 Å². The Morgan fingerprint density at radius 3 is 2.07 bits per heavy atom. The summed E-state index contributed by atoms with van der Waals surface area (Å²) in [5, 5.41) is 0. The van der Waals surface area contributed by atoms with Crippen molar-refractivity contribution in [2.45, 2.75) is 38.5 Å². The molecule has 0 spiro atoms. The van der Waals surface area contributed by atoms with E-state index in [-0.39, 0.29) is 5.91 Å². The fourth-order valence-corrected chi connectivity index (χ4v) is 1.90. The van der Waals surface area contributed by atoms with Gasteiger partial charge in [0.25, 0.3) is 0 Å². The highest BCUT2D eigenvalue weighted by Gasteiger charge is 2.10. The quantitative estimate of drug-likeness (QED) is 0.389. The van der Waals surface area contributed by atoms with Gasteiger partial charge in [-0.2, -0.15) is 0 Å². The average Bonchev–Trinajstić information content (AvgIpc) is 2.31. The lowest BCUT2D eigenvalue weighted by Gasteiger charge is -2.19. The summed E-state index contributed by atoms with van der Waals surface area (Å²) in [6, 6.07) is 0. The zero-order valence-electron chi connectivity index (χ0n) is 8.80. The molecular weight excluding hydrogens is 178 g/mol. The van der Waals surface area contributed by atoms with Gasteiger partial charge in [0, 0.05) is 0 Å². The molecular formula is C10H21N3O. The van der Waals surface area contributed by atoms with Gasteiger partial charge in [-0.3, -0.25) is 15.1 Å². The van der Waals surface area contributed by atoms with Gasteiger partial charge < -0.3 is 0 Å². The Morgan fingerprint density at radius 1 is 1.07 bits per heavy atom. The third kappa shape index (κ3) is 4.58. The number of nitrogens with one attached hydrogen (secondary N) is 1. The van der Waals surface area contributed by atoms with Crippen molar-refractivity contribution in [3.05, 3.63) is 0 Å². The first-order valence-corrected chi connectivity index (χ1v) is 5.55. The Balaban J connectivity index is 2.28. The molecule has 0 unspecified atom stereocenters. The van der Waals surface area contributed by atoms with Gasteiger partial charge in [-0.05, 0) is 25.9 Å². The number of carbonyl (C=O) groups is 1. The Morgan fingerprint density at radius 2 is 1.57 bits per heavy atom. The zero-order chi connectivity index (χ0) is 10.2. The summed E-state index contributed by atoms with van der Waals surface area (Å²) >= 11 is 0. The maximum Gasteiger partial charge on any atom is 0.248 e. The van der Waals surface area contributed by atoms with Gasteiger partial charge in [-0.1, -0.05) is 25.7 Å². The van der Waals surface area contributed by atoms with Crippen molar-refractivity contribution >= 4 is 5.91 Å². The molecule has 1 aliphatic heterocycles. The van der Waals surface area contributed by atoms with E-state index in [4.69, 9.17) is 5.84 Å². The van der Waals surface area contributed by atoms with Crippen LogP contribution < -0.4 is 11.3 Å². The molecule has 0 radical (unpaired) electrons. The van der Waals surface area contributed by atoms with Gasteiger partial charge in [0.15, 0.2) is 0 Å². The number of hydrogen-bond donors (Lipinski definition) is 2. The molecule has 1 aliphatic rings. The highest BCUT2D eigenvalue weighted by atomic mass is 16.2. The van der Waals surface area contributed by atoms with Crippen LogP contribution in [0.25, 0.3) is 0 Å². The molecule has 1 saturated heterocycles. The van der Waals surface area contributed by atoms with E-state index in [0.29, 0.717) is 6.54 Å². The van der Waals surface area contributed by atoms with Crippen LogP contribution in [-0.4, -0.2) is 30.4 Å². The average molecular weight is 199 g/mol. The third-order valence-corrected chi connectivity index (χ3v) is 2.73. The summed E-state index contributed by atoms with van der Waals surface area (Å²) in [6.45, 7) is 2.53. The SMILES string of the molecule is NNC(=O)CN1CCCCCCCC1. The van der Waals surface area contributed by atoms with Gasteiger partial charge in [-0.25, -0.2) is 5.84 Å². The predicted octanol–water partition coefficient (Wildman–Crippen LogP) is 0.632. The fourth-order valence-electron chi connectivity index (χ4n) is 1.90. The molecule has 1 rings (SSSR count). The third-order valence-electron chi connectivity index (χ3n) is 2.73. The van der Waals surface area contributed by atoms with E-state index in [1.165, 1.54) is 38.5 Å². The predicted molar refractivity (Wildman–Crippen MR) is 56.5 cm³/mol. The highest BCUT2D eigenvalue weighted by molar-refractivity contribution is 5.77. The molecule has 14 heavy (non-hydrogen) atoms. The molecule has 82 valence electrons. The van der Waals surface area contributed by atoms with Crippen molar-refractivity contribution < 1.29 is 4.79 Å². The van der Waals surface area contributed by atoms with Crippen LogP contribution >= 0.6 is 0 Å². The van der Waals surface area contributed by atoms with Gasteiger partial charge >= 0.3 is 0 Å². The number of carbonyl (C=O) groups excluding carboxylic acids is 1. The molecule has 3 N–H and O–H groups in total. The number of hydrogen-bond acceptors (Lipinski definition) is 3. The first kappa shape index (κ1) is 11.5. The number of nitrogens with zero attached hydrogens (tertiary/aromatic N) is 1. The fraction of sp³-hybridized carbons (Fsp3) is 0.900. The Labute approximate surface area is 85.8 Å². The molecule has 0 aromatic rings. The van der Waals surface area contributed by atoms with Crippen molar-refractivity contribution in [3.8, 4) is 0 Å². The molecule has 0 aromatic heterocycles. The standard InChI is InChI=1S/C10H21N3O/c11-12-10(14)9-13-7-5-3-1-2-4-6-8-13/h1-9,11H2,(H,12,14). The Kier molecular flexibility index (Phi) is 5.56. The normalized spacial score (nSPS) is 20.6. The molecule has 0 aromatic carbocycles. The second-order valence-corrected chi connectivity index (χ2v) is 3.96. The van der Waals surface area contributed by atoms with Crippen molar-refractivity contribution in [3.63, 3.8) is 0 Å². The topological polar surface area (TPSA) is 58.4 Å². The number of nitrogens with two attached hydrogens (primary N) is 1. The van der Waals surface area contributed by atoms with Crippen LogP contribution in [0, 0.1) is 0 Å². The molecule has 0 saturated carbocycles. The van der Waals surface area contributed by atoms with Gasteiger partial charge in [0.1, 0.15) is 0 Å². The summed E-state index contributed by atoms with van der Waals surface area (Å²) in [4.78, 5) is 13.3. The number of hydrazine groups is 1. The number of rotatable bonds is 2. The van der Waals surface area contributed by atoms with Crippen molar-refractivity contribution in [2.24, 2.45) is 5.84 Å². The van der Waals surface area contributed by atoms with Crippen molar-refractivity contribution in [1.82, 2.24) is 10.3 Å². The first-order chi connectivity index (χ1) is 6.83.